The molecule has 0 spiro atoms. The molecule has 0 amide bonds. The van der Waals surface area contributed by atoms with Crippen LogP contribution in [0.1, 0.15) is 89.4 Å². The van der Waals surface area contributed by atoms with E-state index in [1.807, 2.05) is 40.8 Å². The third-order valence-corrected chi connectivity index (χ3v) is 10.0. The van der Waals surface area contributed by atoms with Gasteiger partial charge in [0.25, 0.3) is 0 Å². The second-order valence-corrected chi connectivity index (χ2v) is 13.5. The lowest BCUT2D eigenvalue weighted by molar-refractivity contribution is -0.392. The number of nitro groups is 2. The quantitative estimate of drug-likeness (QED) is 0.0661. The number of imidazole rings is 3. The first-order valence-corrected chi connectivity index (χ1v) is 19.0. The van der Waals surface area contributed by atoms with Gasteiger partial charge in [0.05, 0.1) is 12.4 Å². The lowest BCUT2D eigenvalue weighted by atomic mass is 10.1. The summed E-state index contributed by atoms with van der Waals surface area (Å²) >= 11 is 0. The lowest BCUT2D eigenvalue weighted by Crippen LogP contribution is -2.41. The van der Waals surface area contributed by atoms with Crippen molar-refractivity contribution in [3.63, 3.8) is 0 Å². The Balaban J connectivity index is 0.00000358. The predicted octanol–water partition coefficient (Wildman–Crippen LogP) is 5.82. The van der Waals surface area contributed by atoms with Gasteiger partial charge in [-0.3, -0.25) is 14.8 Å². The second kappa shape index (κ2) is 21.4. The summed E-state index contributed by atoms with van der Waals surface area (Å²) in [6, 6.07) is 0.400. The largest absolute Gasteiger partial charge is 0.358 e. The van der Waals surface area contributed by atoms with Crippen molar-refractivity contribution in [2.24, 2.45) is 4.99 Å². The summed E-state index contributed by atoms with van der Waals surface area (Å²) in [7, 11) is 0. The summed E-state index contributed by atoms with van der Waals surface area (Å²) < 4.78 is 5.62. The molecular formula is C36H62N12O4. The van der Waals surface area contributed by atoms with E-state index < -0.39 is 0 Å². The lowest BCUT2D eigenvalue weighted by Gasteiger charge is -2.28. The van der Waals surface area contributed by atoms with Crippen LogP contribution in [0.15, 0.2) is 23.6 Å². The number of aryl methyl sites for hydroxylation is 4. The van der Waals surface area contributed by atoms with E-state index in [4.69, 9.17) is 0 Å². The van der Waals surface area contributed by atoms with Gasteiger partial charge in [0, 0.05) is 71.0 Å². The number of hydrogen-bond acceptors (Lipinski definition) is 11. The summed E-state index contributed by atoms with van der Waals surface area (Å²) in [5.41, 5.74) is 1.13. The molecule has 290 valence electrons. The first-order valence-electron chi connectivity index (χ1n) is 19.0. The van der Waals surface area contributed by atoms with Crippen LogP contribution in [0.5, 0.6) is 0 Å². The standard InChI is InChI=1S/C34H56N12O4.C2H6/c1-27-23-35-29(3)41(27)19-15-39(17-21-43-31(5)37-25-33(43)45(47)48)13-11-9-7-8-10-12-14-40(16-20-42-28(2)24-36-30(42)4)18-22-44-32(6)38-26-34(44)46(49)50;1-2/h23,25-26,28H,7-22,24H2,1-6H3;1-2H3. The van der Waals surface area contributed by atoms with Gasteiger partial charge in [0.15, 0.2) is 11.6 Å². The average Bonchev–Trinajstić information content (AvgIpc) is 3.87. The third kappa shape index (κ3) is 12.2. The van der Waals surface area contributed by atoms with Crippen LogP contribution >= 0.6 is 0 Å². The monoisotopic (exact) mass is 727 g/mol. The van der Waals surface area contributed by atoms with Crippen molar-refractivity contribution in [2.75, 3.05) is 52.4 Å². The molecule has 0 fully saturated rings. The first-order chi connectivity index (χ1) is 25.0. The highest BCUT2D eigenvalue weighted by Crippen LogP contribution is 2.17. The van der Waals surface area contributed by atoms with Gasteiger partial charge in [0.2, 0.25) is 0 Å². The highest BCUT2D eigenvalue weighted by Gasteiger charge is 2.23. The molecule has 0 saturated carbocycles. The number of unbranched alkanes of at least 4 members (excludes halogenated alkanes) is 5. The topological polar surface area (TPSA) is 162 Å². The molecule has 0 aliphatic carbocycles. The van der Waals surface area contributed by atoms with Crippen molar-refractivity contribution in [3.8, 4) is 0 Å². The minimum atomic E-state index is -0.363. The van der Waals surface area contributed by atoms with Gasteiger partial charge in [-0.2, -0.15) is 0 Å². The van der Waals surface area contributed by atoms with Crippen LogP contribution in [-0.2, 0) is 19.6 Å². The SMILES string of the molecule is CC.CC1=NCC(C)N1CCN(CCCCCCCCN(CCn1c(C)cnc1C)CCn1c([N+](=O)[O-])cnc1C)CCn1c([N+](=O)[O-])cnc1C. The maximum absolute atomic E-state index is 11.5. The van der Waals surface area contributed by atoms with Crippen LogP contribution in [0.4, 0.5) is 11.6 Å². The highest BCUT2D eigenvalue weighted by atomic mass is 16.6. The Kier molecular flexibility index (Phi) is 17.4. The van der Waals surface area contributed by atoms with Crippen molar-refractivity contribution in [2.45, 2.75) is 120 Å². The van der Waals surface area contributed by atoms with Gasteiger partial charge >= 0.3 is 11.6 Å². The number of hydrogen-bond donors (Lipinski definition) is 0. The van der Waals surface area contributed by atoms with E-state index in [0.29, 0.717) is 37.3 Å². The van der Waals surface area contributed by atoms with Crippen LogP contribution in [-0.4, -0.2) is 117 Å². The molecule has 4 heterocycles. The van der Waals surface area contributed by atoms with E-state index in [1.54, 1.807) is 9.13 Å². The Morgan fingerprint density at radius 3 is 1.44 bits per heavy atom. The molecule has 3 aromatic heterocycles. The van der Waals surface area contributed by atoms with Crippen LogP contribution < -0.4 is 0 Å². The highest BCUT2D eigenvalue weighted by molar-refractivity contribution is 5.81. The maximum Gasteiger partial charge on any atom is 0.342 e. The Labute approximate surface area is 309 Å². The summed E-state index contributed by atoms with van der Waals surface area (Å²) in [5.74, 6) is 3.48. The van der Waals surface area contributed by atoms with Gasteiger partial charge in [-0.15, -0.1) is 0 Å². The predicted molar refractivity (Wildman–Crippen MR) is 205 cm³/mol. The van der Waals surface area contributed by atoms with E-state index in [-0.39, 0.29) is 21.5 Å². The zero-order valence-electron chi connectivity index (χ0n) is 32.8. The van der Waals surface area contributed by atoms with Gasteiger partial charge < -0.3 is 29.7 Å². The zero-order chi connectivity index (χ0) is 38.2. The maximum atomic E-state index is 11.5. The average molecular weight is 727 g/mol. The fourth-order valence-corrected chi connectivity index (χ4v) is 6.85. The van der Waals surface area contributed by atoms with Crippen LogP contribution in [0.3, 0.4) is 0 Å². The molecular weight excluding hydrogens is 664 g/mol. The molecule has 0 saturated heterocycles. The van der Waals surface area contributed by atoms with Crippen molar-refractivity contribution in [3.05, 3.63) is 62.0 Å². The molecule has 0 radical (unpaired) electrons. The molecule has 1 atom stereocenters. The van der Waals surface area contributed by atoms with Crippen LogP contribution in [0, 0.1) is 47.9 Å². The molecule has 0 N–H and O–H groups in total. The molecule has 1 unspecified atom stereocenters. The fourth-order valence-electron chi connectivity index (χ4n) is 6.85. The van der Waals surface area contributed by atoms with Gasteiger partial charge in [-0.25, -0.2) is 24.1 Å². The molecule has 52 heavy (non-hydrogen) atoms. The molecule has 16 nitrogen and oxygen atoms in total. The van der Waals surface area contributed by atoms with E-state index in [9.17, 15) is 20.2 Å². The van der Waals surface area contributed by atoms with Crippen molar-refractivity contribution >= 4 is 17.5 Å². The summed E-state index contributed by atoms with van der Waals surface area (Å²) in [5, 5.41) is 23.0. The number of aliphatic imine (C=N–C) groups is 1. The molecule has 1 aliphatic rings. The van der Waals surface area contributed by atoms with Crippen molar-refractivity contribution in [1.29, 1.82) is 0 Å². The smallest absolute Gasteiger partial charge is 0.342 e. The minimum Gasteiger partial charge on any atom is -0.358 e. The van der Waals surface area contributed by atoms with E-state index in [1.165, 1.54) is 12.4 Å². The molecule has 3 aromatic rings. The summed E-state index contributed by atoms with van der Waals surface area (Å²) in [6.07, 6.45) is 11.3. The summed E-state index contributed by atoms with van der Waals surface area (Å²) in [4.78, 5) is 46.9. The first kappa shape index (κ1) is 42.2. The minimum absolute atomic E-state index is 0.0371. The molecule has 1 aliphatic heterocycles. The second-order valence-electron chi connectivity index (χ2n) is 13.5. The summed E-state index contributed by atoms with van der Waals surface area (Å²) in [6.45, 7) is 24.7. The molecule has 4 rings (SSSR count). The Hall–Kier alpha value is -4.18. The number of nitrogens with zero attached hydrogens (tertiary/aromatic N) is 12. The van der Waals surface area contributed by atoms with E-state index in [2.05, 4.69) is 60.0 Å². The van der Waals surface area contributed by atoms with E-state index in [0.717, 1.165) is 108 Å². The normalized spacial score (nSPS) is 14.3. The van der Waals surface area contributed by atoms with Gasteiger partial charge in [0.1, 0.15) is 31.3 Å². The van der Waals surface area contributed by atoms with Gasteiger partial charge in [-0.05, 0) is 63.5 Å². The number of aromatic nitrogens is 6. The van der Waals surface area contributed by atoms with E-state index >= 15 is 0 Å². The van der Waals surface area contributed by atoms with Crippen LogP contribution in [0.25, 0.3) is 0 Å². The third-order valence-electron chi connectivity index (χ3n) is 10.0. The van der Waals surface area contributed by atoms with Crippen molar-refractivity contribution < 1.29 is 9.85 Å². The molecule has 0 bridgehead atoms. The zero-order valence-corrected chi connectivity index (χ0v) is 32.8. The van der Waals surface area contributed by atoms with Crippen LogP contribution in [0.2, 0.25) is 0 Å². The van der Waals surface area contributed by atoms with Crippen molar-refractivity contribution in [1.82, 2.24) is 43.4 Å². The fraction of sp³-hybridized carbons (Fsp3) is 0.722. The van der Waals surface area contributed by atoms with Gasteiger partial charge in [-0.1, -0.05) is 39.5 Å². The molecule has 0 aromatic carbocycles. The molecule has 16 heteroatoms. The Bertz CT molecular complexity index is 1560. The Morgan fingerprint density at radius 1 is 0.635 bits per heavy atom. The Morgan fingerprint density at radius 2 is 1.04 bits per heavy atom. The number of amidine groups is 1. The number of rotatable bonds is 23.